The van der Waals surface area contributed by atoms with E-state index in [1.807, 2.05) is 97.9 Å². The number of amides is 5. The summed E-state index contributed by atoms with van der Waals surface area (Å²) in [7, 11) is 3.75. The number of rotatable bonds is 11. The zero-order valence-electron chi connectivity index (χ0n) is 34.7. The number of anilines is 2. The normalized spacial score (nSPS) is 17.7. The van der Waals surface area contributed by atoms with E-state index >= 15 is 0 Å². The number of likely N-dealkylation sites (N-methyl/N-ethyl adjacent to an activating group) is 1. The molecule has 4 atom stereocenters. The van der Waals surface area contributed by atoms with Crippen molar-refractivity contribution in [2.45, 2.75) is 76.2 Å². The predicted molar refractivity (Wildman–Crippen MR) is 232 cm³/mol. The summed E-state index contributed by atoms with van der Waals surface area (Å²) < 4.78 is 0. The fraction of sp³-hybridized carbons (Fsp3) is 0.340. The van der Waals surface area contributed by atoms with E-state index in [1.165, 1.54) is 9.80 Å². The molecule has 60 heavy (non-hydrogen) atoms. The van der Waals surface area contributed by atoms with E-state index in [0.29, 0.717) is 49.3 Å². The van der Waals surface area contributed by atoms with Crippen LogP contribution in [-0.2, 0) is 19.2 Å². The Kier molecular flexibility index (Phi) is 12.1. The molecule has 13 heteroatoms. The summed E-state index contributed by atoms with van der Waals surface area (Å²) in [5, 5.41) is 17.2. The van der Waals surface area contributed by atoms with E-state index in [4.69, 9.17) is 0 Å². The van der Waals surface area contributed by atoms with Crippen molar-refractivity contribution in [1.29, 1.82) is 0 Å². The van der Waals surface area contributed by atoms with Crippen LogP contribution in [0, 0.1) is 0 Å². The van der Waals surface area contributed by atoms with Crippen LogP contribution in [0.3, 0.4) is 0 Å². The molecule has 2 fully saturated rings. The molecule has 2 aliphatic heterocycles. The van der Waals surface area contributed by atoms with Gasteiger partial charge in [-0.1, -0.05) is 72.8 Å². The van der Waals surface area contributed by atoms with Gasteiger partial charge in [0.1, 0.15) is 24.2 Å². The SMILES string of the molecule is CN(C)[C@@H](C(=O)N1CCC[C@H]1C(=O)Nc1ccc(-c2cc3cc(NC(=O)[C@@H]4CCCN4C(=O)[C@@H](c4ccccc4)N(C(=O)O)C(C)(C)C)ccc3[nH]2)cc1)c1ccccc1. The van der Waals surface area contributed by atoms with Gasteiger partial charge in [0.25, 0.3) is 5.91 Å². The molecule has 7 rings (SSSR count). The summed E-state index contributed by atoms with van der Waals surface area (Å²) >= 11 is 0. The Hall–Kier alpha value is -6.47. The lowest BCUT2D eigenvalue weighted by atomic mass is 9.97. The molecule has 3 heterocycles. The highest BCUT2D eigenvalue weighted by molar-refractivity contribution is 6.01. The Balaban J connectivity index is 1.01. The fourth-order valence-corrected chi connectivity index (χ4v) is 8.59. The molecule has 5 amide bonds. The molecule has 312 valence electrons. The number of carbonyl (C=O) groups excluding carboxylic acids is 4. The molecule has 4 N–H and O–H groups in total. The largest absolute Gasteiger partial charge is 0.465 e. The van der Waals surface area contributed by atoms with Gasteiger partial charge in [-0.05, 0) is 114 Å². The second-order valence-electron chi connectivity index (χ2n) is 16.8. The van der Waals surface area contributed by atoms with Crippen LogP contribution in [0.5, 0.6) is 0 Å². The third-order valence-electron chi connectivity index (χ3n) is 11.4. The smallest absolute Gasteiger partial charge is 0.408 e. The maximum absolute atomic E-state index is 14.3. The van der Waals surface area contributed by atoms with Crippen molar-refractivity contribution in [3.63, 3.8) is 0 Å². The Morgan fingerprint density at radius 1 is 0.683 bits per heavy atom. The number of hydrogen-bond donors (Lipinski definition) is 4. The zero-order chi connectivity index (χ0) is 42.7. The van der Waals surface area contributed by atoms with Crippen molar-refractivity contribution in [2.75, 3.05) is 37.8 Å². The van der Waals surface area contributed by atoms with Crippen molar-refractivity contribution in [3.05, 3.63) is 120 Å². The number of likely N-dealkylation sites (tertiary alicyclic amines) is 2. The quantitative estimate of drug-likeness (QED) is 0.107. The van der Waals surface area contributed by atoms with E-state index in [1.54, 1.807) is 56.0 Å². The average Bonchev–Trinajstić information content (AvgIpc) is 4.01. The van der Waals surface area contributed by atoms with E-state index in [2.05, 4.69) is 15.6 Å². The number of aromatic amines is 1. The van der Waals surface area contributed by atoms with Crippen LogP contribution in [-0.4, -0.2) is 104 Å². The second kappa shape index (κ2) is 17.4. The molecule has 0 radical (unpaired) electrons. The Bertz CT molecular complexity index is 2360. The van der Waals surface area contributed by atoms with Crippen LogP contribution in [0.4, 0.5) is 16.2 Å². The number of benzene rings is 4. The number of nitrogens with zero attached hydrogens (tertiary/aromatic N) is 4. The number of aromatic nitrogens is 1. The van der Waals surface area contributed by atoms with Crippen molar-refractivity contribution >= 4 is 52.0 Å². The third kappa shape index (κ3) is 8.76. The monoisotopic (exact) mass is 811 g/mol. The van der Waals surface area contributed by atoms with Gasteiger partial charge in [0.2, 0.25) is 17.7 Å². The lowest BCUT2D eigenvalue weighted by Gasteiger charge is -2.41. The van der Waals surface area contributed by atoms with E-state index in [9.17, 15) is 29.1 Å². The number of fused-ring (bicyclic) bond motifs is 1. The highest BCUT2D eigenvalue weighted by Crippen LogP contribution is 2.34. The topological polar surface area (TPSA) is 158 Å². The fourth-order valence-electron chi connectivity index (χ4n) is 8.59. The molecule has 0 saturated carbocycles. The molecule has 0 spiro atoms. The highest BCUT2D eigenvalue weighted by Gasteiger charge is 2.44. The van der Waals surface area contributed by atoms with Crippen LogP contribution in [0.2, 0.25) is 0 Å². The van der Waals surface area contributed by atoms with Crippen LogP contribution in [0.25, 0.3) is 22.2 Å². The van der Waals surface area contributed by atoms with Gasteiger partial charge in [-0.15, -0.1) is 0 Å². The average molecular weight is 812 g/mol. The number of nitrogens with one attached hydrogen (secondary N) is 3. The first kappa shape index (κ1) is 41.7. The van der Waals surface area contributed by atoms with Gasteiger partial charge in [0.15, 0.2) is 0 Å². The number of carbonyl (C=O) groups is 5. The first-order chi connectivity index (χ1) is 28.7. The Labute approximate surface area is 350 Å². The summed E-state index contributed by atoms with van der Waals surface area (Å²) in [4.78, 5) is 77.7. The second-order valence-corrected chi connectivity index (χ2v) is 16.8. The van der Waals surface area contributed by atoms with Gasteiger partial charge in [-0.3, -0.25) is 29.0 Å². The molecule has 2 aliphatic rings. The van der Waals surface area contributed by atoms with E-state index in [0.717, 1.165) is 34.1 Å². The van der Waals surface area contributed by atoms with Gasteiger partial charge < -0.3 is 30.5 Å². The van der Waals surface area contributed by atoms with Crippen LogP contribution in [0.15, 0.2) is 109 Å². The number of carboxylic acid groups (broad SMARTS) is 1. The lowest BCUT2D eigenvalue weighted by Crippen LogP contribution is -2.54. The van der Waals surface area contributed by atoms with E-state index < -0.39 is 41.7 Å². The maximum atomic E-state index is 14.3. The van der Waals surface area contributed by atoms with Gasteiger partial charge in [-0.25, -0.2) is 4.79 Å². The van der Waals surface area contributed by atoms with Gasteiger partial charge in [0.05, 0.1) is 0 Å². The van der Waals surface area contributed by atoms with Crippen molar-refractivity contribution in [3.8, 4) is 11.3 Å². The molecule has 5 aromatic rings. The molecule has 0 unspecified atom stereocenters. The summed E-state index contributed by atoms with van der Waals surface area (Å²) in [6, 6.07) is 30.6. The van der Waals surface area contributed by atoms with Gasteiger partial charge in [0, 0.05) is 46.6 Å². The van der Waals surface area contributed by atoms with Crippen LogP contribution < -0.4 is 10.6 Å². The summed E-state index contributed by atoms with van der Waals surface area (Å²) in [5.41, 5.74) is 4.33. The molecule has 4 aromatic carbocycles. The van der Waals surface area contributed by atoms with Crippen LogP contribution in [0.1, 0.15) is 69.7 Å². The molecule has 0 aliphatic carbocycles. The summed E-state index contributed by atoms with van der Waals surface area (Å²) in [5.74, 6) is -1.07. The van der Waals surface area contributed by atoms with Gasteiger partial charge >= 0.3 is 6.09 Å². The minimum Gasteiger partial charge on any atom is -0.465 e. The molecular formula is C47H53N7O6. The zero-order valence-corrected chi connectivity index (χ0v) is 34.7. The third-order valence-corrected chi connectivity index (χ3v) is 11.4. The minimum absolute atomic E-state index is 0.0889. The Morgan fingerprint density at radius 2 is 1.18 bits per heavy atom. The van der Waals surface area contributed by atoms with Crippen molar-refractivity contribution < 1.29 is 29.1 Å². The standard InChI is InChI=1S/C47H53N7O6/c1-47(2,3)54(46(59)60)41(32-16-10-7-11-17-32)45(58)53-27-13-19-39(53)43(56)49-35-24-25-36-33(28-35)29-37(50-36)30-20-22-34(23-21-30)48-42(55)38-18-12-26-52(38)44(57)40(51(4)5)31-14-8-6-9-15-31/h6-11,14-17,20-25,28-29,38-41,50H,12-13,18-19,26-27H2,1-5H3,(H,48,55)(H,49,56)(H,59,60)/t38-,39-,40+,41+/m0/s1. The predicted octanol–water partition coefficient (Wildman–Crippen LogP) is 7.52. The molecule has 0 bridgehead atoms. The molecular weight excluding hydrogens is 759 g/mol. The Morgan fingerprint density at radius 3 is 1.70 bits per heavy atom. The van der Waals surface area contributed by atoms with Crippen molar-refractivity contribution in [2.24, 2.45) is 0 Å². The maximum Gasteiger partial charge on any atom is 0.408 e. The minimum atomic E-state index is -1.22. The number of hydrogen-bond acceptors (Lipinski definition) is 6. The lowest BCUT2D eigenvalue weighted by molar-refractivity contribution is -0.142. The first-order valence-corrected chi connectivity index (χ1v) is 20.5. The highest BCUT2D eigenvalue weighted by atomic mass is 16.4. The molecule has 13 nitrogen and oxygen atoms in total. The first-order valence-electron chi connectivity index (χ1n) is 20.5. The molecule has 1 aromatic heterocycles. The number of H-pyrrole nitrogens is 1. The van der Waals surface area contributed by atoms with Crippen LogP contribution >= 0.6 is 0 Å². The summed E-state index contributed by atoms with van der Waals surface area (Å²) in [6.07, 6.45) is 1.20. The van der Waals surface area contributed by atoms with Gasteiger partial charge in [-0.2, -0.15) is 0 Å². The van der Waals surface area contributed by atoms with Crippen molar-refractivity contribution in [1.82, 2.24) is 24.6 Å². The summed E-state index contributed by atoms with van der Waals surface area (Å²) in [6.45, 7) is 6.11. The van der Waals surface area contributed by atoms with E-state index in [-0.39, 0.29) is 17.7 Å². The molecule has 2 saturated heterocycles.